The van der Waals surface area contributed by atoms with Gasteiger partial charge in [-0.3, -0.25) is 0 Å². The van der Waals surface area contributed by atoms with Gasteiger partial charge in [-0.15, -0.1) is 11.8 Å². The molecule has 5 heteroatoms. The van der Waals surface area contributed by atoms with Crippen LogP contribution in [0.25, 0.3) is 0 Å². The Kier molecular flexibility index (Phi) is 4.38. The molecular weight excluding hydrogens is 322 g/mol. The summed E-state index contributed by atoms with van der Waals surface area (Å²) in [4.78, 5) is 1.60. The lowest BCUT2D eigenvalue weighted by atomic mass is 10.1. The number of hydrogen-bond acceptors (Lipinski definition) is 3. The van der Waals surface area contributed by atoms with Crippen LogP contribution in [0.3, 0.4) is 0 Å². The molecule has 2 aromatic carbocycles. The van der Waals surface area contributed by atoms with Crippen LogP contribution in [0.4, 0.5) is 0 Å². The van der Waals surface area contributed by atoms with E-state index in [-0.39, 0.29) is 4.99 Å². The third kappa shape index (κ3) is 3.18. The van der Waals surface area contributed by atoms with Gasteiger partial charge in [0.05, 0.1) is 10.6 Å². The molecule has 0 fully saturated rings. The Morgan fingerprint density at radius 1 is 1.29 bits per heavy atom. The molecule has 0 amide bonds. The standard InChI is InChI=1S/C16H14ClNOS2/c17-12-5-3-6-13(15(12)16(18)20)19-9-11-8-10-4-1-2-7-14(10)21-11/h1-7,11H,8-9H2,(H2,18,20). The van der Waals surface area contributed by atoms with E-state index in [2.05, 4.69) is 24.3 Å². The summed E-state index contributed by atoms with van der Waals surface area (Å²) in [5.74, 6) is 0.659. The molecule has 0 saturated heterocycles. The normalized spacial score (nSPS) is 16.5. The topological polar surface area (TPSA) is 35.2 Å². The van der Waals surface area contributed by atoms with Gasteiger partial charge in [0.2, 0.25) is 0 Å². The monoisotopic (exact) mass is 335 g/mol. The first-order chi connectivity index (χ1) is 10.1. The van der Waals surface area contributed by atoms with Crippen molar-refractivity contribution in [3.63, 3.8) is 0 Å². The molecule has 108 valence electrons. The molecule has 21 heavy (non-hydrogen) atoms. The van der Waals surface area contributed by atoms with Gasteiger partial charge in [0.15, 0.2) is 0 Å². The molecule has 0 aromatic heterocycles. The summed E-state index contributed by atoms with van der Waals surface area (Å²) in [6.07, 6.45) is 1.02. The van der Waals surface area contributed by atoms with Crippen molar-refractivity contribution in [1.82, 2.24) is 0 Å². The maximum Gasteiger partial charge on any atom is 0.131 e. The minimum Gasteiger partial charge on any atom is -0.492 e. The third-order valence-electron chi connectivity index (χ3n) is 3.36. The second-order valence-electron chi connectivity index (χ2n) is 4.84. The van der Waals surface area contributed by atoms with E-state index in [1.54, 1.807) is 6.07 Å². The lowest BCUT2D eigenvalue weighted by Gasteiger charge is -2.14. The number of hydrogen-bond donors (Lipinski definition) is 1. The lowest BCUT2D eigenvalue weighted by Crippen LogP contribution is -2.17. The fourth-order valence-electron chi connectivity index (χ4n) is 2.39. The van der Waals surface area contributed by atoms with Crippen molar-refractivity contribution in [3.8, 4) is 5.75 Å². The van der Waals surface area contributed by atoms with Gasteiger partial charge in [0.1, 0.15) is 17.3 Å². The van der Waals surface area contributed by atoms with Crippen molar-refractivity contribution < 1.29 is 4.74 Å². The molecule has 2 aromatic rings. The second kappa shape index (κ2) is 6.26. The van der Waals surface area contributed by atoms with Crippen LogP contribution in [0.5, 0.6) is 5.75 Å². The quantitative estimate of drug-likeness (QED) is 0.854. The van der Waals surface area contributed by atoms with Crippen molar-refractivity contribution in [3.05, 3.63) is 58.6 Å². The van der Waals surface area contributed by atoms with Crippen LogP contribution in [-0.2, 0) is 6.42 Å². The van der Waals surface area contributed by atoms with E-state index in [1.165, 1.54) is 10.5 Å². The Morgan fingerprint density at radius 2 is 2.10 bits per heavy atom. The average molecular weight is 336 g/mol. The highest BCUT2D eigenvalue weighted by molar-refractivity contribution is 8.00. The molecule has 1 heterocycles. The van der Waals surface area contributed by atoms with Gasteiger partial charge < -0.3 is 10.5 Å². The Hall–Kier alpha value is -1.23. The second-order valence-corrected chi connectivity index (χ2v) is 7.03. The summed E-state index contributed by atoms with van der Waals surface area (Å²) >= 11 is 13.0. The van der Waals surface area contributed by atoms with Crippen molar-refractivity contribution in [2.75, 3.05) is 6.61 Å². The van der Waals surface area contributed by atoms with Crippen LogP contribution in [0.1, 0.15) is 11.1 Å². The van der Waals surface area contributed by atoms with Crippen LogP contribution in [-0.4, -0.2) is 16.8 Å². The van der Waals surface area contributed by atoms with Crippen molar-refractivity contribution >= 4 is 40.6 Å². The Labute approximate surface area is 138 Å². The number of rotatable bonds is 4. The fourth-order valence-corrected chi connectivity index (χ4v) is 4.15. The van der Waals surface area contributed by atoms with Gasteiger partial charge >= 0.3 is 0 Å². The first-order valence-corrected chi connectivity index (χ1v) is 8.27. The van der Waals surface area contributed by atoms with Crippen LogP contribution >= 0.6 is 35.6 Å². The summed E-state index contributed by atoms with van der Waals surface area (Å²) in [6, 6.07) is 13.9. The van der Waals surface area contributed by atoms with E-state index in [1.807, 2.05) is 23.9 Å². The molecule has 0 aliphatic carbocycles. The van der Waals surface area contributed by atoms with Gasteiger partial charge in [-0.2, -0.15) is 0 Å². The smallest absolute Gasteiger partial charge is 0.131 e. The molecule has 0 saturated carbocycles. The number of halogens is 1. The molecule has 0 spiro atoms. The van der Waals surface area contributed by atoms with E-state index in [9.17, 15) is 0 Å². The Balaban J connectivity index is 1.70. The van der Waals surface area contributed by atoms with Gasteiger partial charge in [-0.25, -0.2) is 0 Å². The molecule has 1 aliphatic rings. The number of benzene rings is 2. The van der Waals surface area contributed by atoms with Crippen LogP contribution in [0, 0.1) is 0 Å². The molecule has 1 unspecified atom stereocenters. The average Bonchev–Trinajstić information content (AvgIpc) is 2.87. The summed E-state index contributed by atoms with van der Waals surface area (Å²) < 4.78 is 5.92. The highest BCUT2D eigenvalue weighted by Gasteiger charge is 2.23. The van der Waals surface area contributed by atoms with Gasteiger partial charge in [-0.05, 0) is 30.2 Å². The third-order valence-corrected chi connectivity index (χ3v) is 5.17. The zero-order valence-electron chi connectivity index (χ0n) is 11.2. The SMILES string of the molecule is NC(=S)c1c(Cl)cccc1OCC1Cc2ccccc2S1. The molecule has 0 radical (unpaired) electrons. The van der Waals surface area contributed by atoms with E-state index >= 15 is 0 Å². The molecule has 0 bridgehead atoms. The first-order valence-electron chi connectivity index (χ1n) is 6.61. The van der Waals surface area contributed by atoms with Crippen molar-refractivity contribution in [2.24, 2.45) is 5.73 Å². The molecule has 2 nitrogen and oxygen atoms in total. The fraction of sp³-hybridized carbons (Fsp3) is 0.188. The number of fused-ring (bicyclic) bond motifs is 1. The van der Waals surface area contributed by atoms with E-state index in [0.717, 1.165) is 6.42 Å². The zero-order valence-corrected chi connectivity index (χ0v) is 13.6. The van der Waals surface area contributed by atoms with Crippen LogP contribution in [0.2, 0.25) is 5.02 Å². The molecule has 1 aliphatic heterocycles. The zero-order chi connectivity index (χ0) is 14.8. The van der Waals surface area contributed by atoms with Crippen LogP contribution < -0.4 is 10.5 Å². The van der Waals surface area contributed by atoms with Crippen molar-refractivity contribution in [2.45, 2.75) is 16.6 Å². The van der Waals surface area contributed by atoms with Gasteiger partial charge in [0.25, 0.3) is 0 Å². The van der Waals surface area contributed by atoms with Gasteiger partial charge in [-0.1, -0.05) is 48.1 Å². The molecule has 3 rings (SSSR count). The molecular formula is C16H14ClNOS2. The number of thioether (sulfide) groups is 1. The summed E-state index contributed by atoms with van der Waals surface area (Å²) in [5, 5.41) is 0.933. The van der Waals surface area contributed by atoms with Crippen molar-refractivity contribution in [1.29, 1.82) is 0 Å². The summed E-state index contributed by atoms with van der Waals surface area (Å²) in [6.45, 7) is 0.606. The largest absolute Gasteiger partial charge is 0.492 e. The Bertz CT molecular complexity index is 665. The maximum absolute atomic E-state index is 6.14. The molecule has 1 atom stereocenters. The summed E-state index contributed by atoms with van der Waals surface area (Å²) in [5.41, 5.74) is 7.74. The minimum absolute atomic E-state index is 0.262. The van der Waals surface area contributed by atoms with Gasteiger partial charge in [0, 0.05) is 10.1 Å². The number of ether oxygens (including phenoxy) is 1. The van der Waals surface area contributed by atoms with E-state index in [4.69, 9.17) is 34.3 Å². The van der Waals surface area contributed by atoms with E-state index in [0.29, 0.717) is 28.2 Å². The first kappa shape index (κ1) is 14.7. The maximum atomic E-state index is 6.14. The van der Waals surface area contributed by atoms with Crippen LogP contribution in [0.15, 0.2) is 47.4 Å². The number of nitrogens with two attached hydrogens (primary N) is 1. The lowest BCUT2D eigenvalue weighted by molar-refractivity contribution is 0.317. The number of thiocarbonyl (C=S) groups is 1. The minimum atomic E-state index is 0.262. The van der Waals surface area contributed by atoms with E-state index < -0.39 is 0 Å². The summed E-state index contributed by atoms with van der Waals surface area (Å²) in [7, 11) is 0. The highest BCUT2D eigenvalue weighted by atomic mass is 35.5. The predicted molar refractivity (Wildman–Crippen MR) is 92.6 cm³/mol. The highest BCUT2D eigenvalue weighted by Crippen LogP contribution is 2.37. The molecule has 2 N–H and O–H groups in total. The Morgan fingerprint density at radius 3 is 2.86 bits per heavy atom. The predicted octanol–water partition coefficient (Wildman–Crippen LogP) is 4.07.